The summed E-state index contributed by atoms with van der Waals surface area (Å²) in [6.45, 7) is 16.6. The molecule has 6 amide bonds. The topological polar surface area (TPSA) is 242 Å². The van der Waals surface area contributed by atoms with Gasteiger partial charge in [-0.25, -0.2) is 4.79 Å². The zero-order valence-corrected chi connectivity index (χ0v) is 42.7. The van der Waals surface area contributed by atoms with Gasteiger partial charge in [0.25, 0.3) is 5.91 Å². The number of carbonyl (C=O) groups is 8. The van der Waals surface area contributed by atoms with Gasteiger partial charge in [-0.15, -0.1) is 0 Å². The van der Waals surface area contributed by atoms with Crippen LogP contribution in [0.1, 0.15) is 113 Å². The molecular weight excluding hydrogens is 891 g/mol. The lowest BCUT2D eigenvalue weighted by molar-refractivity contribution is -0.162. The number of methoxy groups -OCH3 is 1. The van der Waals surface area contributed by atoms with Gasteiger partial charge < -0.3 is 55.3 Å². The number of aliphatic hydroxyl groups is 1. The fourth-order valence-corrected chi connectivity index (χ4v) is 9.28. The van der Waals surface area contributed by atoms with Crippen molar-refractivity contribution in [1.29, 1.82) is 0 Å². The molecule has 3 fully saturated rings. The van der Waals surface area contributed by atoms with Gasteiger partial charge in [-0.2, -0.15) is 0 Å². The van der Waals surface area contributed by atoms with Crippen LogP contribution in [0.15, 0.2) is 24.3 Å². The highest BCUT2D eigenvalue weighted by Gasteiger charge is 2.44. The maximum atomic E-state index is 14.7. The van der Waals surface area contributed by atoms with E-state index in [1.54, 1.807) is 52.0 Å². The zero-order valence-electron chi connectivity index (χ0n) is 42.7. The average molecular weight is 970 g/mol. The van der Waals surface area contributed by atoms with Crippen LogP contribution in [-0.2, 0) is 54.3 Å². The summed E-state index contributed by atoms with van der Waals surface area (Å²) in [5, 5.41) is 23.1. The molecule has 0 radical (unpaired) electrons. The monoisotopic (exact) mass is 970 g/mol. The van der Waals surface area contributed by atoms with E-state index in [2.05, 4.69) is 21.3 Å². The Balaban J connectivity index is 1.84. The van der Waals surface area contributed by atoms with Crippen molar-refractivity contribution in [2.75, 3.05) is 34.3 Å². The molecule has 4 rings (SSSR count). The number of aliphatic hydroxyl groups excluding tert-OH is 1. The third-order valence-corrected chi connectivity index (χ3v) is 13.3. The van der Waals surface area contributed by atoms with Crippen molar-refractivity contribution in [1.82, 2.24) is 36.0 Å². The van der Waals surface area contributed by atoms with Crippen LogP contribution in [0.4, 0.5) is 0 Å². The van der Waals surface area contributed by atoms with Gasteiger partial charge in [-0.05, 0) is 93.4 Å². The Morgan fingerprint density at radius 3 is 2.12 bits per heavy atom. The summed E-state index contributed by atoms with van der Waals surface area (Å²) in [4.78, 5) is 118. The van der Waals surface area contributed by atoms with Gasteiger partial charge in [0.05, 0.1) is 31.7 Å². The number of esters is 2. The molecule has 3 aliphatic rings. The second-order valence-electron chi connectivity index (χ2n) is 20.5. The highest BCUT2D eigenvalue weighted by Crippen LogP contribution is 2.26. The summed E-state index contributed by atoms with van der Waals surface area (Å²) in [5.41, 5.74) is 0.628. The van der Waals surface area contributed by atoms with Gasteiger partial charge in [0.15, 0.2) is 6.10 Å². The standard InChI is InChI=1S/C50H79N7O12/c1-27(2)23-35-48(64)57-22-14-16-36(57)49(65)56(11)38(25-32-17-19-33(67-12)20-18-32)50(66)68-31(9)42(54-44(60)37(24-28(3)4)55(10)47(63)34-15-13-21-51-34)45(61)53-41(29(5)6)39(58)26-40(59)69-43(30(7)8)46(62)52-35/h17-20,27-31,34-39,41-43,51,58H,13-16,21-26H2,1-12H3,(H,52,62)(H,53,61)(H,54,60)/t31-,34+,35+,36+,37-,38+,39+,41-,42+,43+/m1/s1. The normalized spacial score (nSPS) is 27.6. The van der Waals surface area contributed by atoms with Crippen LogP contribution in [0.25, 0.3) is 0 Å². The number of amides is 6. The molecule has 1 aromatic carbocycles. The van der Waals surface area contributed by atoms with E-state index in [9.17, 15) is 43.5 Å². The largest absolute Gasteiger partial charge is 0.497 e. The number of nitrogens with one attached hydrogen (secondary N) is 4. The molecule has 1 aromatic rings. The lowest BCUT2D eigenvalue weighted by atomic mass is 9.95. The summed E-state index contributed by atoms with van der Waals surface area (Å²) in [6, 6.07) is -0.849. The summed E-state index contributed by atoms with van der Waals surface area (Å²) in [6.07, 6.45) is -2.51. The van der Waals surface area contributed by atoms with Gasteiger partial charge in [0, 0.05) is 27.1 Å². The number of hydrogen-bond donors (Lipinski definition) is 5. The van der Waals surface area contributed by atoms with Gasteiger partial charge in [-0.1, -0.05) is 67.5 Å². The number of hydrogen-bond acceptors (Lipinski definition) is 13. The summed E-state index contributed by atoms with van der Waals surface area (Å²) in [7, 11) is 4.49. The predicted molar refractivity (Wildman–Crippen MR) is 256 cm³/mol. The van der Waals surface area contributed by atoms with Crippen molar-refractivity contribution in [2.24, 2.45) is 23.7 Å². The maximum absolute atomic E-state index is 14.7. The Hall–Kier alpha value is -5.30. The molecule has 19 heteroatoms. The second-order valence-corrected chi connectivity index (χ2v) is 20.5. The fourth-order valence-electron chi connectivity index (χ4n) is 9.28. The van der Waals surface area contributed by atoms with Gasteiger partial charge in [0.1, 0.15) is 42.1 Å². The average Bonchev–Trinajstić information content (AvgIpc) is 4.02. The van der Waals surface area contributed by atoms with Crippen molar-refractivity contribution in [3.05, 3.63) is 29.8 Å². The van der Waals surface area contributed by atoms with Crippen LogP contribution in [0.2, 0.25) is 0 Å². The molecular formula is C50H79N7O12. The molecule has 69 heavy (non-hydrogen) atoms. The molecule has 0 bridgehead atoms. The third kappa shape index (κ3) is 15.1. The first-order valence-electron chi connectivity index (χ1n) is 24.6. The SMILES string of the molecule is COc1ccc(C[C@H]2C(=O)O[C@H](C)[C@H](NC(=O)[C@@H](CC(C)C)N(C)C(=O)[C@@H]3CCCN3)C(=O)N[C@H](C(C)C)[C@@H](O)CC(=O)O[C@@H](C(C)C)C(=O)N[C@@H](CC(C)C)C(=O)N3CCC[C@H]3C(=O)N2C)cc1. The summed E-state index contributed by atoms with van der Waals surface area (Å²) >= 11 is 0. The lowest BCUT2D eigenvalue weighted by Crippen LogP contribution is -2.62. The van der Waals surface area contributed by atoms with Crippen molar-refractivity contribution in [3.63, 3.8) is 0 Å². The first kappa shape index (κ1) is 56.3. The van der Waals surface area contributed by atoms with E-state index in [0.717, 1.165) is 6.42 Å². The van der Waals surface area contributed by atoms with Crippen LogP contribution in [0, 0.1) is 23.7 Å². The Morgan fingerprint density at radius 1 is 0.884 bits per heavy atom. The number of rotatable bonds is 13. The second kappa shape index (κ2) is 25.5. The summed E-state index contributed by atoms with van der Waals surface area (Å²) < 4.78 is 17.2. The molecule has 0 spiro atoms. The molecule has 0 saturated carbocycles. The Kier molecular flexibility index (Phi) is 20.8. The smallest absolute Gasteiger partial charge is 0.329 e. The van der Waals surface area contributed by atoms with E-state index in [1.165, 1.54) is 42.8 Å². The molecule has 386 valence electrons. The minimum absolute atomic E-state index is 0.0570. The minimum atomic E-state index is -1.63. The van der Waals surface area contributed by atoms with Gasteiger partial charge >= 0.3 is 11.9 Å². The molecule has 0 unspecified atom stereocenters. The van der Waals surface area contributed by atoms with E-state index in [0.29, 0.717) is 30.7 Å². The molecule has 3 aliphatic heterocycles. The van der Waals surface area contributed by atoms with Crippen LogP contribution in [0.5, 0.6) is 5.75 Å². The van der Waals surface area contributed by atoms with Crippen LogP contribution in [-0.4, -0.2) is 162 Å². The number of carbonyl (C=O) groups excluding carboxylic acids is 8. The Labute approximate surface area is 407 Å². The van der Waals surface area contributed by atoms with E-state index in [-0.39, 0.29) is 50.0 Å². The summed E-state index contributed by atoms with van der Waals surface area (Å²) in [5.74, 6) is -6.20. The maximum Gasteiger partial charge on any atom is 0.329 e. The molecule has 10 atom stereocenters. The first-order valence-corrected chi connectivity index (χ1v) is 24.6. The van der Waals surface area contributed by atoms with Crippen molar-refractivity contribution in [3.8, 4) is 5.75 Å². The quantitative estimate of drug-likeness (QED) is 0.178. The Bertz CT molecular complexity index is 1950. The zero-order chi connectivity index (χ0) is 51.4. The molecule has 5 N–H and O–H groups in total. The fraction of sp³-hybridized carbons (Fsp3) is 0.720. The number of benzene rings is 1. The molecule has 3 saturated heterocycles. The van der Waals surface area contributed by atoms with E-state index in [4.69, 9.17) is 14.2 Å². The minimum Gasteiger partial charge on any atom is -0.497 e. The number of nitrogens with zero attached hydrogens (tertiary/aromatic N) is 3. The Morgan fingerprint density at radius 2 is 1.55 bits per heavy atom. The van der Waals surface area contributed by atoms with E-state index in [1.807, 2.05) is 27.7 Å². The van der Waals surface area contributed by atoms with Crippen molar-refractivity contribution >= 4 is 47.4 Å². The van der Waals surface area contributed by atoms with Crippen LogP contribution < -0.4 is 26.0 Å². The van der Waals surface area contributed by atoms with Gasteiger partial charge in [-0.3, -0.25) is 33.6 Å². The lowest BCUT2D eigenvalue weighted by Gasteiger charge is -2.36. The number of fused-ring (bicyclic) bond motifs is 1. The molecule has 0 aromatic heterocycles. The highest BCUT2D eigenvalue weighted by molar-refractivity contribution is 5.96. The first-order chi connectivity index (χ1) is 32.4. The van der Waals surface area contributed by atoms with Crippen LogP contribution >= 0.6 is 0 Å². The third-order valence-electron chi connectivity index (χ3n) is 13.3. The van der Waals surface area contributed by atoms with Crippen molar-refractivity contribution in [2.45, 2.75) is 174 Å². The van der Waals surface area contributed by atoms with Crippen molar-refractivity contribution < 1.29 is 57.7 Å². The number of ether oxygens (including phenoxy) is 3. The van der Waals surface area contributed by atoms with Gasteiger partial charge in [0.2, 0.25) is 29.5 Å². The van der Waals surface area contributed by atoms with E-state index < -0.39 is 120 Å². The van der Waals surface area contributed by atoms with Crippen LogP contribution in [0.3, 0.4) is 0 Å². The molecule has 0 aliphatic carbocycles. The molecule has 19 nitrogen and oxygen atoms in total. The predicted octanol–water partition coefficient (Wildman–Crippen LogP) is 2.10. The highest BCUT2D eigenvalue weighted by atomic mass is 16.6. The van der Waals surface area contributed by atoms with E-state index >= 15 is 0 Å². The molecule has 3 heterocycles. The number of cyclic esters (lactones) is 2. The number of likely N-dealkylation sites (N-methyl/N-ethyl adjacent to an activating group) is 2.